The number of hydrogen-bond donors (Lipinski definition) is 3. The summed E-state index contributed by atoms with van der Waals surface area (Å²) in [6.07, 6.45) is 1.26. The topological polar surface area (TPSA) is 130 Å². The van der Waals surface area contributed by atoms with Gasteiger partial charge in [0.25, 0.3) is 5.56 Å². The molecule has 3 aromatic rings. The average Bonchev–Trinajstić information content (AvgIpc) is 3.22. The maximum atomic E-state index is 15.0. The summed E-state index contributed by atoms with van der Waals surface area (Å²) in [5.41, 5.74) is 3.22. The minimum atomic E-state index is -1.60. The van der Waals surface area contributed by atoms with Crippen LogP contribution in [0.1, 0.15) is 23.7 Å². The van der Waals surface area contributed by atoms with Gasteiger partial charge in [0.15, 0.2) is 11.6 Å². The molecule has 3 heterocycles. The van der Waals surface area contributed by atoms with E-state index in [2.05, 4.69) is 10.3 Å². The highest BCUT2D eigenvalue weighted by Crippen LogP contribution is 2.30. The highest BCUT2D eigenvalue weighted by Gasteiger charge is 2.29. The molecule has 0 radical (unpaired) electrons. The molecule has 2 atom stereocenters. The zero-order valence-corrected chi connectivity index (χ0v) is 17.9. The molecular weight excluding hydrogens is 455 g/mol. The predicted octanol–water partition coefficient (Wildman–Crippen LogP) is 1.52. The number of carboxylic acids is 1. The van der Waals surface area contributed by atoms with Crippen LogP contribution in [0.15, 0.2) is 35.3 Å². The average molecular weight is 475 g/mol. The molecule has 0 unspecified atom stereocenters. The van der Waals surface area contributed by atoms with Crippen LogP contribution >= 0.6 is 0 Å². The summed E-state index contributed by atoms with van der Waals surface area (Å²) < 4.78 is 43.7. The fraction of sp³-hybridized carbons (Fsp3) is 0.273. The van der Waals surface area contributed by atoms with Crippen molar-refractivity contribution in [1.82, 2.24) is 14.7 Å². The van der Waals surface area contributed by atoms with E-state index in [1.54, 1.807) is 4.90 Å². The van der Waals surface area contributed by atoms with E-state index in [1.807, 2.05) is 0 Å². The standard InChI is InChI=1S/C22H20F3N5O4/c1-10(26)20(31)27-12-4-5-29(8-12)19-17(25)9-30-18(28-19)14(7-15(21(30)32)22(33)34)13-3-2-11(23)6-16(13)24/h2-3,6-7,9-10,12H,4-5,8,26H2,1H3,(H,27,31)(H,33,34)/t10-,12-/m0/s1. The van der Waals surface area contributed by atoms with Crippen LogP contribution in [0.25, 0.3) is 16.8 Å². The number of anilines is 1. The van der Waals surface area contributed by atoms with E-state index in [0.717, 1.165) is 24.4 Å². The van der Waals surface area contributed by atoms with Gasteiger partial charge in [-0.05, 0) is 31.5 Å². The number of rotatable bonds is 5. The van der Waals surface area contributed by atoms with Crippen LogP contribution in [0.2, 0.25) is 0 Å². The largest absolute Gasteiger partial charge is 0.477 e. The van der Waals surface area contributed by atoms with Crippen LogP contribution in [0.5, 0.6) is 0 Å². The van der Waals surface area contributed by atoms with Crippen molar-refractivity contribution in [3.8, 4) is 11.1 Å². The minimum Gasteiger partial charge on any atom is -0.477 e. The second-order valence-corrected chi connectivity index (χ2v) is 8.04. The Balaban J connectivity index is 1.85. The Morgan fingerprint density at radius 3 is 2.59 bits per heavy atom. The fourth-order valence-corrected chi connectivity index (χ4v) is 3.87. The van der Waals surface area contributed by atoms with Crippen LogP contribution in [-0.2, 0) is 4.79 Å². The van der Waals surface area contributed by atoms with Crippen LogP contribution in [-0.4, -0.2) is 51.5 Å². The number of nitrogens with two attached hydrogens (primary N) is 1. The van der Waals surface area contributed by atoms with Crippen molar-refractivity contribution < 1.29 is 27.9 Å². The number of fused-ring (bicyclic) bond motifs is 1. The molecule has 1 aliphatic rings. The Hall–Kier alpha value is -3.93. The maximum Gasteiger partial charge on any atom is 0.341 e. The smallest absolute Gasteiger partial charge is 0.341 e. The Morgan fingerprint density at radius 1 is 1.21 bits per heavy atom. The summed E-state index contributed by atoms with van der Waals surface area (Å²) >= 11 is 0. The van der Waals surface area contributed by atoms with E-state index in [4.69, 9.17) is 5.73 Å². The van der Waals surface area contributed by atoms with Crippen molar-refractivity contribution in [2.45, 2.75) is 25.4 Å². The fourth-order valence-electron chi connectivity index (χ4n) is 3.87. The van der Waals surface area contributed by atoms with Crippen LogP contribution in [0.4, 0.5) is 19.0 Å². The zero-order valence-electron chi connectivity index (χ0n) is 17.9. The van der Waals surface area contributed by atoms with Crippen LogP contribution in [0.3, 0.4) is 0 Å². The lowest BCUT2D eigenvalue weighted by atomic mass is 10.0. The number of benzene rings is 1. The Labute approximate surface area is 190 Å². The lowest BCUT2D eigenvalue weighted by molar-refractivity contribution is -0.122. The summed E-state index contributed by atoms with van der Waals surface area (Å²) in [6.45, 7) is 2.06. The second-order valence-electron chi connectivity index (χ2n) is 8.04. The third-order valence-corrected chi connectivity index (χ3v) is 5.57. The SMILES string of the molecule is C[C@H](N)C(=O)N[C@H]1CCN(c2nc3c(-c4ccc(F)cc4F)cc(C(=O)O)c(=O)n3cc2F)C1. The van der Waals surface area contributed by atoms with Gasteiger partial charge in [-0.15, -0.1) is 0 Å². The second kappa shape index (κ2) is 8.78. The number of carboxylic acid groups (broad SMARTS) is 1. The molecule has 4 rings (SSSR count). The molecule has 0 saturated carbocycles. The molecule has 1 aliphatic heterocycles. The molecule has 34 heavy (non-hydrogen) atoms. The number of hydrogen-bond acceptors (Lipinski definition) is 6. The Kier molecular flexibility index (Phi) is 6.00. The number of carbonyl (C=O) groups is 2. The highest BCUT2D eigenvalue weighted by atomic mass is 19.1. The lowest BCUT2D eigenvalue weighted by Gasteiger charge is -2.20. The molecule has 0 bridgehead atoms. The van der Waals surface area contributed by atoms with Gasteiger partial charge in [-0.2, -0.15) is 0 Å². The third-order valence-electron chi connectivity index (χ3n) is 5.57. The van der Waals surface area contributed by atoms with E-state index in [0.29, 0.717) is 23.4 Å². The summed E-state index contributed by atoms with van der Waals surface area (Å²) in [4.78, 5) is 41.9. The van der Waals surface area contributed by atoms with E-state index in [-0.39, 0.29) is 41.1 Å². The molecular formula is C22H20F3N5O4. The van der Waals surface area contributed by atoms with E-state index in [9.17, 15) is 28.3 Å². The molecule has 2 aromatic heterocycles. The van der Waals surface area contributed by atoms with Gasteiger partial charge in [0, 0.05) is 36.3 Å². The summed E-state index contributed by atoms with van der Waals surface area (Å²) in [7, 11) is 0. The van der Waals surface area contributed by atoms with Gasteiger partial charge in [0.05, 0.1) is 12.2 Å². The van der Waals surface area contributed by atoms with Gasteiger partial charge in [-0.3, -0.25) is 14.0 Å². The minimum absolute atomic E-state index is 0.128. The normalized spacial score (nSPS) is 16.6. The number of nitrogens with one attached hydrogen (secondary N) is 1. The zero-order chi connectivity index (χ0) is 24.7. The molecule has 9 nitrogen and oxygen atoms in total. The Morgan fingerprint density at radius 2 is 1.94 bits per heavy atom. The monoisotopic (exact) mass is 475 g/mol. The number of carbonyl (C=O) groups excluding carboxylic acids is 1. The number of halogens is 3. The van der Waals surface area contributed by atoms with Crippen LogP contribution in [0, 0.1) is 17.5 Å². The quantitative estimate of drug-likeness (QED) is 0.510. The number of nitrogens with zero attached hydrogens (tertiary/aromatic N) is 3. The number of aromatic carboxylic acids is 1. The first kappa shape index (κ1) is 23.2. The number of pyridine rings is 1. The Bertz CT molecular complexity index is 1370. The predicted molar refractivity (Wildman–Crippen MR) is 116 cm³/mol. The first-order valence-corrected chi connectivity index (χ1v) is 10.3. The van der Waals surface area contributed by atoms with Gasteiger partial charge in [0.2, 0.25) is 5.91 Å². The molecule has 12 heteroatoms. The van der Waals surface area contributed by atoms with Gasteiger partial charge in [-0.25, -0.2) is 22.9 Å². The van der Waals surface area contributed by atoms with Gasteiger partial charge < -0.3 is 21.1 Å². The maximum absolute atomic E-state index is 15.0. The summed E-state index contributed by atoms with van der Waals surface area (Å²) in [5, 5.41) is 12.2. The summed E-state index contributed by atoms with van der Waals surface area (Å²) in [5.74, 6) is -4.90. The highest BCUT2D eigenvalue weighted by molar-refractivity contribution is 5.91. The van der Waals surface area contributed by atoms with Crippen molar-refractivity contribution in [3.63, 3.8) is 0 Å². The molecule has 178 valence electrons. The van der Waals surface area contributed by atoms with Crippen molar-refractivity contribution in [3.05, 3.63) is 63.8 Å². The molecule has 0 aliphatic carbocycles. The van der Waals surface area contributed by atoms with E-state index < -0.39 is 40.6 Å². The number of amides is 1. The molecule has 0 spiro atoms. The van der Waals surface area contributed by atoms with Crippen molar-refractivity contribution >= 4 is 23.3 Å². The van der Waals surface area contributed by atoms with E-state index in [1.165, 1.54) is 6.92 Å². The molecule has 1 saturated heterocycles. The first-order valence-electron chi connectivity index (χ1n) is 10.3. The molecule has 1 aromatic carbocycles. The van der Waals surface area contributed by atoms with Crippen molar-refractivity contribution in [1.29, 1.82) is 0 Å². The van der Waals surface area contributed by atoms with Gasteiger partial charge in [-0.1, -0.05) is 0 Å². The van der Waals surface area contributed by atoms with Gasteiger partial charge >= 0.3 is 5.97 Å². The first-order chi connectivity index (χ1) is 16.1. The molecule has 1 amide bonds. The summed E-state index contributed by atoms with van der Waals surface area (Å²) in [6, 6.07) is 2.55. The lowest BCUT2D eigenvalue weighted by Crippen LogP contribution is -2.45. The molecule has 1 fully saturated rings. The molecule has 4 N–H and O–H groups in total. The van der Waals surface area contributed by atoms with Gasteiger partial charge in [0.1, 0.15) is 22.8 Å². The van der Waals surface area contributed by atoms with Crippen LogP contribution < -0.4 is 21.5 Å². The number of aromatic nitrogens is 2. The van der Waals surface area contributed by atoms with Crippen molar-refractivity contribution in [2.75, 3.05) is 18.0 Å². The third kappa shape index (κ3) is 4.19. The van der Waals surface area contributed by atoms with Crippen molar-refractivity contribution in [2.24, 2.45) is 5.73 Å². The van der Waals surface area contributed by atoms with E-state index >= 15 is 4.39 Å².